The van der Waals surface area contributed by atoms with Gasteiger partial charge in [-0.15, -0.1) is 0 Å². The van der Waals surface area contributed by atoms with Gasteiger partial charge in [0.1, 0.15) is 0 Å². The summed E-state index contributed by atoms with van der Waals surface area (Å²) in [7, 11) is 0. The number of nitrogens with zero attached hydrogens (tertiary/aromatic N) is 1. The van der Waals surface area contributed by atoms with Crippen LogP contribution in [-0.4, -0.2) is 30.4 Å². The smallest absolute Gasteiger partial charge is 0.251 e. The second kappa shape index (κ2) is 10.8. The summed E-state index contributed by atoms with van der Waals surface area (Å²) in [6.07, 6.45) is 4.71. The molecule has 1 aliphatic rings. The SMILES string of the molecule is CCN1CCCCC1c1ccc(CCNC(=O)c2ccc(-c3ccc(Cl)cc3)cc2)cc1. The lowest BCUT2D eigenvalue weighted by atomic mass is 9.94. The monoisotopic (exact) mass is 446 g/mol. The lowest BCUT2D eigenvalue weighted by Gasteiger charge is -2.35. The Hall–Kier alpha value is -2.62. The highest BCUT2D eigenvalue weighted by atomic mass is 35.5. The first-order valence-corrected chi connectivity index (χ1v) is 12.0. The molecule has 4 heteroatoms. The Morgan fingerprint density at radius 1 is 0.938 bits per heavy atom. The van der Waals surface area contributed by atoms with Crippen LogP contribution in [0.4, 0.5) is 0 Å². The van der Waals surface area contributed by atoms with E-state index in [2.05, 4.69) is 41.4 Å². The Bertz CT molecular complexity index is 1010. The van der Waals surface area contributed by atoms with Crippen LogP contribution in [0.15, 0.2) is 72.8 Å². The minimum absolute atomic E-state index is 0.0370. The van der Waals surface area contributed by atoms with Gasteiger partial charge >= 0.3 is 0 Å². The molecule has 1 atom stereocenters. The fourth-order valence-electron chi connectivity index (χ4n) is 4.53. The van der Waals surface area contributed by atoms with Crippen molar-refractivity contribution in [2.45, 2.75) is 38.6 Å². The number of rotatable bonds is 7. The van der Waals surface area contributed by atoms with Crippen molar-refractivity contribution in [1.82, 2.24) is 10.2 Å². The van der Waals surface area contributed by atoms with Crippen LogP contribution in [0, 0.1) is 0 Å². The van der Waals surface area contributed by atoms with Crippen LogP contribution in [-0.2, 0) is 6.42 Å². The average molecular weight is 447 g/mol. The third-order valence-electron chi connectivity index (χ3n) is 6.41. The van der Waals surface area contributed by atoms with Gasteiger partial charge in [-0.1, -0.05) is 73.5 Å². The van der Waals surface area contributed by atoms with E-state index in [9.17, 15) is 4.79 Å². The second-order valence-corrected chi connectivity index (χ2v) is 8.91. The summed E-state index contributed by atoms with van der Waals surface area (Å²) in [5.41, 5.74) is 5.50. The average Bonchev–Trinajstić information content (AvgIpc) is 2.85. The number of halogens is 1. The number of amides is 1. The topological polar surface area (TPSA) is 32.3 Å². The molecule has 0 saturated carbocycles. The molecule has 166 valence electrons. The molecule has 1 aliphatic heterocycles. The van der Waals surface area contributed by atoms with E-state index >= 15 is 0 Å². The molecule has 0 radical (unpaired) electrons. The minimum Gasteiger partial charge on any atom is -0.352 e. The van der Waals surface area contributed by atoms with Crippen molar-refractivity contribution in [3.63, 3.8) is 0 Å². The van der Waals surface area contributed by atoms with E-state index in [4.69, 9.17) is 11.6 Å². The molecule has 3 aromatic rings. The van der Waals surface area contributed by atoms with Crippen molar-refractivity contribution < 1.29 is 4.79 Å². The van der Waals surface area contributed by atoms with E-state index in [1.54, 1.807) is 0 Å². The van der Waals surface area contributed by atoms with Crippen LogP contribution in [0.5, 0.6) is 0 Å². The molecule has 3 aromatic carbocycles. The summed E-state index contributed by atoms with van der Waals surface area (Å²) in [6, 6.07) is 24.9. The number of likely N-dealkylation sites (tertiary alicyclic amines) is 1. The Kier molecular flexibility index (Phi) is 7.62. The molecule has 4 rings (SSSR count). The van der Waals surface area contributed by atoms with Crippen molar-refractivity contribution >= 4 is 17.5 Å². The van der Waals surface area contributed by atoms with Crippen LogP contribution in [0.25, 0.3) is 11.1 Å². The van der Waals surface area contributed by atoms with Gasteiger partial charge in [0, 0.05) is 23.2 Å². The summed E-state index contributed by atoms with van der Waals surface area (Å²) in [5.74, 6) is -0.0370. The van der Waals surface area contributed by atoms with Crippen LogP contribution in [0.3, 0.4) is 0 Å². The fourth-order valence-corrected chi connectivity index (χ4v) is 4.66. The van der Waals surface area contributed by atoms with Gasteiger partial charge in [0.15, 0.2) is 0 Å². The zero-order valence-electron chi connectivity index (χ0n) is 18.7. The van der Waals surface area contributed by atoms with E-state index < -0.39 is 0 Å². The zero-order chi connectivity index (χ0) is 22.3. The van der Waals surface area contributed by atoms with E-state index in [1.165, 1.54) is 36.9 Å². The van der Waals surface area contributed by atoms with Crippen molar-refractivity contribution in [3.05, 3.63) is 94.5 Å². The molecular formula is C28H31ClN2O. The highest BCUT2D eigenvalue weighted by molar-refractivity contribution is 6.30. The first-order valence-electron chi connectivity index (χ1n) is 11.6. The number of carbonyl (C=O) groups excluding carboxylic acids is 1. The van der Waals surface area contributed by atoms with Crippen molar-refractivity contribution in [1.29, 1.82) is 0 Å². The van der Waals surface area contributed by atoms with Gasteiger partial charge in [-0.25, -0.2) is 0 Å². The maximum Gasteiger partial charge on any atom is 0.251 e. The lowest BCUT2D eigenvalue weighted by Crippen LogP contribution is -2.33. The highest BCUT2D eigenvalue weighted by Crippen LogP contribution is 2.30. The van der Waals surface area contributed by atoms with Gasteiger partial charge in [0.25, 0.3) is 5.91 Å². The zero-order valence-corrected chi connectivity index (χ0v) is 19.4. The van der Waals surface area contributed by atoms with E-state index in [-0.39, 0.29) is 5.91 Å². The number of nitrogens with one attached hydrogen (secondary N) is 1. The van der Waals surface area contributed by atoms with Crippen LogP contribution >= 0.6 is 11.6 Å². The fraction of sp³-hybridized carbons (Fsp3) is 0.321. The van der Waals surface area contributed by atoms with Crippen LogP contribution in [0.2, 0.25) is 5.02 Å². The molecule has 0 aliphatic carbocycles. The first-order chi connectivity index (χ1) is 15.6. The van der Waals surface area contributed by atoms with E-state index in [1.807, 2.05) is 48.5 Å². The molecule has 32 heavy (non-hydrogen) atoms. The summed E-state index contributed by atoms with van der Waals surface area (Å²) in [5, 5.41) is 3.76. The minimum atomic E-state index is -0.0370. The maximum absolute atomic E-state index is 12.5. The molecule has 1 saturated heterocycles. The van der Waals surface area contributed by atoms with Gasteiger partial charge < -0.3 is 5.32 Å². The quantitative estimate of drug-likeness (QED) is 0.447. The molecule has 1 heterocycles. The third-order valence-corrected chi connectivity index (χ3v) is 6.66. The van der Waals surface area contributed by atoms with E-state index in [0.29, 0.717) is 18.2 Å². The largest absolute Gasteiger partial charge is 0.352 e. The summed E-state index contributed by atoms with van der Waals surface area (Å²) in [6.45, 7) is 5.19. The number of carbonyl (C=O) groups is 1. The Morgan fingerprint density at radius 3 is 2.25 bits per heavy atom. The number of hydrogen-bond acceptors (Lipinski definition) is 2. The van der Waals surface area contributed by atoms with Gasteiger partial charge in [0.2, 0.25) is 0 Å². The summed E-state index contributed by atoms with van der Waals surface area (Å²) < 4.78 is 0. The second-order valence-electron chi connectivity index (χ2n) is 8.47. The van der Waals surface area contributed by atoms with Crippen LogP contribution in [0.1, 0.15) is 53.7 Å². The molecular weight excluding hydrogens is 416 g/mol. The Balaban J connectivity index is 1.28. The molecule has 1 amide bonds. The van der Waals surface area contributed by atoms with Gasteiger partial charge in [-0.2, -0.15) is 0 Å². The lowest BCUT2D eigenvalue weighted by molar-refractivity contribution is 0.0954. The Morgan fingerprint density at radius 2 is 1.59 bits per heavy atom. The maximum atomic E-state index is 12.5. The van der Waals surface area contributed by atoms with Crippen LogP contribution < -0.4 is 5.32 Å². The van der Waals surface area contributed by atoms with Gasteiger partial charge in [-0.3, -0.25) is 9.69 Å². The number of benzene rings is 3. The summed E-state index contributed by atoms with van der Waals surface area (Å²) in [4.78, 5) is 15.1. The third kappa shape index (κ3) is 5.59. The molecule has 1 N–H and O–H groups in total. The van der Waals surface area contributed by atoms with Crippen molar-refractivity contribution in [3.8, 4) is 11.1 Å². The molecule has 1 unspecified atom stereocenters. The molecule has 0 bridgehead atoms. The van der Waals surface area contributed by atoms with Crippen molar-refractivity contribution in [2.24, 2.45) is 0 Å². The van der Waals surface area contributed by atoms with Crippen molar-refractivity contribution in [2.75, 3.05) is 19.6 Å². The first kappa shape index (κ1) is 22.6. The predicted molar refractivity (Wildman–Crippen MR) is 133 cm³/mol. The Labute approximate surface area is 196 Å². The normalized spacial score (nSPS) is 16.6. The highest BCUT2D eigenvalue weighted by Gasteiger charge is 2.22. The molecule has 1 fully saturated rings. The van der Waals surface area contributed by atoms with Gasteiger partial charge in [0.05, 0.1) is 0 Å². The number of piperidine rings is 1. The molecule has 0 aromatic heterocycles. The predicted octanol–water partition coefficient (Wildman–Crippen LogP) is 6.53. The number of hydrogen-bond donors (Lipinski definition) is 1. The molecule has 3 nitrogen and oxygen atoms in total. The standard InChI is InChI=1S/C28H31ClN2O/c1-2-31-20-4-3-5-27(31)24-8-6-21(7-9-24)18-19-30-28(32)25-12-10-22(11-13-25)23-14-16-26(29)17-15-23/h6-17,27H,2-5,18-20H2,1H3,(H,30,32). The molecule has 0 spiro atoms. The van der Waals surface area contributed by atoms with E-state index in [0.717, 1.165) is 29.1 Å². The summed E-state index contributed by atoms with van der Waals surface area (Å²) >= 11 is 5.96. The van der Waals surface area contributed by atoms with Gasteiger partial charge in [-0.05, 0) is 78.9 Å².